The maximum absolute atomic E-state index is 13.6. The van der Waals surface area contributed by atoms with E-state index in [1.807, 2.05) is 54.1 Å². The van der Waals surface area contributed by atoms with Gasteiger partial charge in [0.2, 0.25) is 5.91 Å². The van der Waals surface area contributed by atoms with Gasteiger partial charge in [-0.1, -0.05) is 44.2 Å². The monoisotopic (exact) mass is 462 g/mol. The van der Waals surface area contributed by atoms with Crippen molar-refractivity contribution in [1.29, 1.82) is 0 Å². The lowest BCUT2D eigenvalue weighted by molar-refractivity contribution is -0.122. The van der Waals surface area contributed by atoms with E-state index in [0.29, 0.717) is 12.2 Å². The van der Waals surface area contributed by atoms with Gasteiger partial charge in [-0.05, 0) is 49.8 Å². The van der Waals surface area contributed by atoms with Crippen LogP contribution < -0.4 is 10.1 Å². The number of fused-ring (bicyclic) bond motifs is 3. The molecule has 1 aliphatic rings. The Bertz CT molecular complexity index is 1160. The molecule has 1 unspecified atom stereocenters. The number of rotatable bonds is 10. The van der Waals surface area contributed by atoms with Crippen LogP contribution in [0.2, 0.25) is 0 Å². The molecule has 0 bridgehead atoms. The summed E-state index contributed by atoms with van der Waals surface area (Å²) in [5.74, 6) is 0.500. The molecular formula is C27H34N4O3. The number of nitrogens with one attached hydrogen (secondary N) is 1. The Labute approximate surface area is 201 Å². The molecule has 0 radical (unpaired) electrons. The molecule has 0 aliphatic carbocycles. The molecule has 7 nitrogen and oxygen atoms in total. The highest BCUT2D eigenvalue weighted by atomic mass is 16.5. The number of benzene rings is 2. The molecule has 1 aromatic heterocycles. The van der Waals surface area contributed by atoms with E-state index in [1.165, 1.54) is 0 Å². The van der Waals surface area contributed by atoms with Gasteiger partial charge in [-0.15, -0.1) is 0 Å². The van der Waals surface area contributed by atoms with Crippen LogP contribution in [0.5, 0.6) is 5.75 Å². The molecule has 0 saturated carbocycles. The molecule has 3 aromatic rings. The second-order valence-corrected chi connectivity index (χ2v) is 8.68. The number of aryl methyl sites for hydroxylation is 1. The zero-order valence-corrected chi connectivity index (χ0v) is 20.5. The molecule has 2 aromatic carbocycles. The zero-order valence-electron chi connectivity index (χ0n) is 20.5. The minimum atomic E-state index is -0.332. The van der Waals surface area contributed by atoms with Crippen LogP contribution >= 0.6 is 0 Å². The van der Waals surface area contributed by atoms with Gasteiger partial charge in [0.1, 0.15) is 18.0 Å². The molecule has 1 N–H and O–H groups in total. The summed E-state index contributed by atoms with van der Waals surface area (Å²) in [6.07, 6.45) is 0.883. The molecule has 34 heavy (non-hydrogen) atoms. The van der Waals surface area contributed by atoms with Gasteiger partial charge in [-0.3, -0.25) is 9.59 Å². The predicted octanol–water partition coefficient (Wildman–Crippen LogP) is 3.58. The molecule has 0 fully saturated rings. The third-order valence-corrected chi connectivity index (χ3v) is 6.81. The van der Waals surface area contributed by atoms with Crippen molar-refractivity contribution in [2.24, 2.45) is 7.05 Å². The highest BCUT2D eigenvalue weighted by Crippen LogP contribution is 2.43. The number of para-hydroxylation sites is 1. The lowest BCUT2D eigenvalue weighted by Gasteiger charge is -2.26. The van der Waals surface area contributed by atoms with Crippen LogP contribution in [-0.2, 0) is 11.8 Å². The van der Waals surface area contributed by atoms with Crippen LogP contribution in [0.1, 0.15) is 47.9 Å². The predicted molar refractivity (Wildman–Crippen MR) is 134 cm³/mol. The summed E-state index contributed by atoms with van der Waals surface area (Å²) in [6.45, 7) is 7.85. The SMILES string of the molecule is CCN(CC)CCCNC(=O)CN1C(=O)c2c(c3ccccc3n2C)C1c1ccc(OC)cc1. The average molecular weight is 463 g/mol. The van der Waals surface area contributed by atoms with Crippen molar-refractivity contribution in [3.8, 4) is 5.75 Å². The maximum Gasteiger partial charge on any atom is 0.272 e. The third kappa shape index (κ3) is 4.40. The molecule has 7 heteroatoms. The number of hydrogen-bond acceptors (Lipinski definition) is 4. The van der Waals surface area contributed by atoms with Gasteiger partial charge in [-0.25, -0.2) is 0 Å². The second kappa shape index (κ2) is 10.3. The van der Waals surface area contributed by atoms with Crippen LogP contribution in [0.25, 0.3) is 10.9 Å². The van der Waals surface area contributed by atoms with Gasteiger partial charge in [0.05, 0.1) is 13.2 Å². The molecule has 0 saturated heterocycles. The summed E-state index contributed by atoms with van der Waals surface area (Å²) in [5, 5.41) is 4.05. The molecule has 0 spiro atoms. The summed E-state index contributed by atoms with van der Waals surface area (Å²) >= 11 is 0. The van der Waals surface area contributed by atoms with Gasteiger partial charge in [0.15, 0.2) is 0 Å². The van der Waals surface area contributed by atoms with Crippen LogP contribution in [0.15, 0.2) is 48.5 Å². The third-order valence-electron chi connectivity index (χ3n) is 6.81. The number of carbonyl (C=O) groups is 2. The number of hydrogen-bond donors (Lipinski definition) is 1. The largest absolute Gasteiger partial charge is 0.497 e. The fourth-order valence-electron chi connectivity index (χ4n) is 4.94. The number of nitrogens with zero attached hydrogens (tertiary/aromatic N) is 3. The highest BCUT2D eigenvalue weighted by molar-refractivity contribution is 6.07. The normalized spacial score (nSPS) is 15.3. The second-order valence-electron chi connectivity index (χ2n) is 8.68. The van der Waals surface area contributed by atoms with Crippen molar-refractivity contribution in [1.82, 2.24) is 19.7 Å². The Morgan fingerprint density at radius 2 is 1.79 bits per heavy atom. The van der Waals surface area contributed by atoms with E-state index in [-0.39, 0.29) is 24.4 Å². The van der Waals surface area contributed by atoms with E-state index in [4.69, 9.17) is 4.74 Å². The van der Waals surface area contributed by atoms with Gasteiger partial charge >= 0.3 is 0 Å². The Balaban J connectivity index is 1.60. The van der Waals surface area contributed by atoms with E-state index >= 15 is 0 Å². The van der Waals surface area contributed by atoms with Crippen molar-refractivity contribution in [2.45, 2.75) is 26.3 Å². The molecule has 1 atom stereocenters. The quantitative estimate of drug-likeness (QED) is 0.468. The van der Waals surface area contributed by atoms with Gasteiger partial charge in [0.25, 0.3) is 5.91 Å². The molecule has 2 amide bonds. The topological polar surface area (TPSA) is 66.8 Å². The summed E-state index contributed by atoms with van der Waals surface area (Å²) in [5.41, 5.74) is 3.58. The number of methoxy groups -OCH3 is 1. The van der Waals surface area contributed by atoms with Crippen molar-refractivity contribution in [3.05, 3.63) is 65.4 Å². The van der Waals surface area contributed by atoms with Crippen LogP contribution in [-0.4, -0.2) is 66.0 Å². The van der Waals surface area contributed by atoms with E-state index < -0.39 is 0 Å². The van der Waals surface area contributed by atoms with Crippen LogP contribution in [0, 0.1) is 0 Å². The van der Waals surface area contributed by atoms with Crippen LogP contribution in [0.4, 0.5) is 0 Å². The molecular weight excluding hydrogens is 428 g/mol. The van der Waals surface area contributed by atoms with Gasteiger partial charge in [0, 0.05) is 30.1 Å². The van der Waals surface area contributed by atoms with Crippen LogP contribution in [0.3, 0.4) is 0 Å². The Hall–Kier alpha value is -3.32. The Morgan fingerprint density at radius 1 is 1.09 bits per heavy atom. The highest BCUT2D eigenvalue weighted by Gasteiger charge is 2.42. The first-order chi connectivity index (χ1) is 16.5. The van der Waals surface area contributed by atoms with Crippen molar-refractivity contribution >= 4 is 22.7 Å². The fourth-order valence-corrected chi connectivity index (χ4v) is 4.94. The lowest BCUT2D eigenvalue weighted by Crippen LogP contribution is -2.40. The number of amides is 2. The Kier molecular flexibility index (Phi) is 7.22. The minimum absolute atomic E-state index is 0.0177. The average Bonchev–Trinajstić information content (AvgIpc) is 3.31. The fraction of sp³-hybridized carbons (Fsp3) is 0.407. The first-order valence-electron chi connectivity index (χ1n) is 12.0. The first kappa shape index (κ1) is 23.8. The first-order valence-corrected chi connectivity index (χ1v) is 12.0. The minimum Gasteiger partial charge on any atom is -0.497 e. The van der Waals surface area contributed by atoms with E-state index in [9.17, 15) is 9.59 Å². The Morgan fingerprint density at radius 3 is 2.47 bits per heavy atom. The number of aromatic nitrogens is 1. The summed E-state index contributed by atoms with van der Waals surface area (Å²) in [7, 11) is 3.55. The lowest BCUT2D eigenvalue weighted by atomic mass is 9.98. The van der Waals surface area contributed by atoms with E-state index in [2.05, 4.69) is 30.1 Å². The summed E-state index contributed by atoms with van der Waals surface area (Å²) in [6, 6.07) is 15.5. The van der Waals surface area contributed by atoms with Gasteiger partial charge in [-0.2, -0.15) is 0 Å². The number of carbonyl (C=O) groups excluding carboxylic acids is 2. The standard InChI is InChI=1S/C27H34N4O3/c1-5-30(6-2)17-9-16-28-23(32)18-31-25(19-12-14-20(34-4)15-13-19)24-21-10-7-8-11-22(21)29(3)26(24)27(31)33/h7-8,10-15,25H,5-6,9,16-18H2,1-4H3,(H,28,32). The molecule has 2 heterocycles. The number of ether oxygens (including phenoxy) is 1. The van der Waals surface area contributed by atoms with Crippen molar-refractivity contribution in [2.75, 3.05) is 39.8 Å². The summed E-state index contributed by atoms with van der Waals surface area (Å²) < 4.78 is 7.27. The molecule has 4 rings (SSSR count). The maximum atomic E-state index is 13.6. The van der Waals surface area contributed by atoms with E-state index in [1.54, 1.807) is 12.0 Å². The van der Waals surface area contributed by atoms with Gasteiger partial charge < -0.3 is 24.4 Å². The van der Waals surface area contributed by atoms with Crippen molar-refractivity contribution in [3.63, 3.8) is 0 Å². The van der Waals surface area contributed by atoms with E-state index in [0.717, 1.165) is 53.8 Å². The zero-order chi connectivity index (χ0) is 24.2. The smallest absolute Gasteiger partial charge is 0.272 e. The summed E-state index contributed by atoms with van der Waals surface area (Å²) in [4.78, 5) is 30.5. The molecule has 180 valence electrons. The van der Waals surface area contributed by atoms with Crippen molar-refractivity contribution < 1.29 is 14.3 Å². The molecule has 1 aliphatic heterocycles.